The number of amides is 1. The summed E-state index contributed by atoms with van der Waals surface area (Å²) in [6, 6.07) is 8.11. The highest BCUT2D eigenvalue weighted by Gasteiger charge is 2.23. The molecule has 0 heterocycles. The number of rotatable bonds is 4. The Morgan fingerprint density at radius 2 is 2.00 bits per heavy atom. The number of carbonyl (C=O) groups is 1. The van der Waals surface area contributed by atoms with Crippen LogP contribution >= 0.6 is 0 Å². The van der Waals surface area contributed by atoms with Crippen LogP contribution in [0, 0.1) is 6.92 Å². The lowest BCUT2D eigenvalue weighted by atomic mass is 9.92. The van der Waals surface area contributed by atoms with Crippen molar-refractivity contribution in [1.29, 1.82) is 0 Å². The maximum atomic E-state index is 11.8. The summed E-state index contributed by atoms with van der Waals surface area (Å²) in [4.78, 5) is 11.8. The second kappa shape index (κ2) is 7.25. The minimum absolute atomic E-state index is 0.0145. The Morgan fingerprint density at radius 1 is 1.30 bits per heavy atom. The molecule has 2 N–H and O–H groups in total. The summed E-state index contributed by atoms with van der Waals surface area (Å²) in [6.07, 6.45) is 7.62. The topological polar surface area (TPSA) is 49.3 Å². The van der Waals surface area contributed by atoms with Crippen molar-refractivity contribution >= 4 is 12.0 Å². The normalized spacial score (nSPS) is 22.9. The maximum Gasteiger partial charge on any atom is 0.224 e. The SMILES string of the molecule is Cc1ccc(/C=C/CC(=O)NC2CCCCC2O)cc1. The van der Waals surface area contributed by atoms with E-state index in [1.165, 1.54) is 5.56 Å². The molecule has 0 saturated heterocycles. The van der Waals surface area contributed by atoms with Crippen molar-refractivity contribution < 1.29 is 9.90 Å². The molecule has 2 rings (SSSR count). The molecule has 3 heteroatoms. The lowest BCUT2D eigenvalue weighted by molar-refractivity contribution is -0.122. The summed E-state index contributed by atoms with van der Waals surface area (Å²) in [5.41, 5.74) is 2.33. The first-order valence-electron chi connectivity index (χ1n) is 7.36. The van der Waals surface area contributed by atoms with E-state index in [4.69, 9.17) is 0 Å². The van der Waals surface area contributed by atoms with Gasteiger partial charge in [0.1, 0.15) is 0 Å². The Hall–Kier alpha value is -1.61. The molecule has 1 saturated carbocycles. The molecule has 0 aliphatic heterocycles. The second-order valence-electron chi connectivity index (χ2n) is 5.54. The minimum Gasteiger partial charge on any atom is -0.391 e. The molecule has 0 radical (unpaired) electrons. The Bertz CT molecular complexity index is 464. The molecular formula is C17H23NO2. The number of hydrogen-bond acceptors (Lipinski definition) is 2. The average Bonchev–Trinajstić information content (AvgIpc) is 2.44. The van der Waals surface area contributed by atoms with Gasteiger partial charge in [-0.1, -0.05) is 54.8 Å². The van der Waals surface area contributed by atoms with Crippen molar-refractivity contribution in [1.82, 2.24) is 5.32 Å². The number of nitrogens with one attached hydrogen (secondary N) is 1. The molecule has 20 heavy (non-hydrogen) atoms. The lowest BCUT2D eigenvalue weighted by Crippen LogP contribution is -2.44. The Labute approximate surface area is 120 Å². The predicted octanol–water partition coefficient (Wildman–Crippen LogP) is 2.82. The van der Waals surface area contributed by atoms with Crippen LogP contribution in [-0.2, 0) is 4.79 Å². The van der Waals surface area contributed by atoms with Crippen molar-refractivity contribution in [2.24, 2.45) is 0 Å². The van der Waals surface area contributed by atoms with Crippen molar-refractivity contribution in [3.05, 3.63) is 41.5 Å². The molecule has 108 valence electrons. The van der Waals surface area contributed by atoms with Crippen molar-refractivity contribution in [3.63, 3.8) is 0 Å². The zero-order valence-electron chi connectivity index (χ0n) is 12.0. The fourth-order valence-corrected chi connectivity index (χ4v) is 2.52. The molecule has 1 aromatic carbocycles. The van der Waals surface area contributed by atoms with Crippen LogP contribution in [0.25, 0.3) is 6.08 Å². The maximum absolute atomic E-state index is 11.8. The second-order valence-corrected chi connectivity index (χ2v) is 5.54. The number of aliphatic hydroxyl groups excluding tert-OH is 1. The van der Waals surface area contributed by atoms with Crippen molar-refractivity contribution in [2.45, 2.75) is 51.2 Å². The van der Waals surface area contributed by atoms with E-state index in [-0.39, 0.29) is 18.1 Å². The standard InChI is InChI=1S/C17H23NO2/c1-13-9-11-14(12-10-13)5-4-8-17(20)18-15-6-2-3-7-16(15)19/h4-5,9-12,15-16,19H,2-3,6-8H2,1H3,(H,18,20)/b5-4+. The highest BCUT2D eigenvalue weighted by Crippen LogP contribution is 2.18. The number of hydrogen-bond donors (Lipinski definition) is 2. The van der Waals surface area contributed by atoms with Gasteiger partial charge in [-0.25, -0.2) is 0 Å². The quantitative estimate of drug-likeness (QED) is 0.886. The summed E-state index contributed by atoms with van der Waals surface area (Å²) < 4.78 is 0. The molecule has 1 aromatic rings. The summed E-state index contributed by atoms with van der Waals surface area (Å²) in [6.45, 7) is 2.05. The Kier molecular flexibility index (Phi) is 5.36. The van der Waals surface area contributed by atoms with Gasteiger partial charge in [-0.2, -0.15) is 0 Å². The third-order valence-corrected chi connectivity index (χ3v) is 3.77. The van der Waals surface area contributed by atoms with E-state index < -0.39 is 0 Å². The van der Waals surface area contributed by atoms with E-state index in [0.29, 0.717) is 6.42 Å². The van der Waals surface area contributed by atoms with Gasteiger partial charge in [0.2, 0.25) is 5.91 Å². The van der Waals surface area contributed by atoms with Crippen LogP contribution in [0.3, 0.4) is 0 Å². The van der Waals surface area contributed by atoms with Gasteiger partial charge in [-0.05, 0) is 25.3 Å². The third-order valence-electron chi connectivity index (χ3n) is 3.77. The van der Waals surface area contributed by atoms with Gasteiger partial charge in [-0.15, -0.1) is 0 Å². The minimum atomic E-state index is -0.381. The van der Waals surface area contributed by atoms with Crippen LogP contribution in [-0.4, -0.2) is 23.2 Å². The van der Waals surface area contributed by atoms with Crippen LogP contribution in [0.2, 0.25) is 0 Å². The molecular weight excluding hydrogens is 250 g/mol. The monoisotopic (exact) mass is 273 g/mol. The molecule has 3 nitrogen and oxygen atoms in total. The van der Waals surface area contributed by atoms with Gasteiger partial charge in [0.25, 0.3) is 0 Å². The fourth-order valence-electron chi connectivity index (χ4n) is 2.52. The van der Waals surface area contributed by atoms with Crippen LogP contribution in [0.5, 0.6) is 0 Å². The summed E-state index contributed by atoms with van der Waals surface area (Å²) in [7, 11) is 0. The van der Waals surface area contributed by atoms with Crippen LogP contribution < -0.4 is 5.32 Å². The molecule has 0 bridgehead atoms. The van der Waals surface area contributed by atoms with Crippen LogP contribution in [0.1, 0.15) is 43.2 Å². The van der Waals surface area contributed by atoms with Crippen LogP contribution in [0.4, 0.5) is 0 Å². The molecule has 1 amide bonds. The fraction of sp³-hybridized carbons (Fsp3) is 0.471. The molecule has 1 aliphatic rings. The molecule has 1 aliphatic carbocycles. The van der Waals surface area contributed by atoms with Gasteiger partial charge in [-0.3, -0.25) is 4.79 Å². The molecule has 0 spiro atoms. The highest BCUT2D eigenvalue weighted by molar-refractivity contribution is 5.78. The first kappa shape index (κ1) is 14.8. The first-order chi connectivity index (χ1) is 9.65. The number of benzene rings is 1. The van der Waals surface area contributed by atoms with Crippen molar-refractivity contribution in [3.8, 4) is 0 Å². The average molecular weight is 273 g/mol. The van der Waals surface area contributed by atoms with E-state index >= 15 is 0 Å². The zero-order chi connectivity index (χ0) is 14.4. The number of aryl methyl sites for hydroxylation is 1. The predicted molar refractivity (Wildman–Crippen MR) is 81.2 cm³/mol. The Morgan fingerprint density at radius 3 is 2.70 bits per heavy atom. The van der Waals surface area contributed by atoms with E-state index in [9.17, 15) is 9.90 Å². The van der Waals surface area contributed by atoms with Crippen LogP contribution in [0.15, 0.2) is 30.3 Å². The summed E-state index contributed by atoms with van der Waals surface area (Å²) in [5.74, 6) is -0.0145. The molecule has 2 atom stereocenters. The highest BCUT2D eigenvalue weighted by atomic mass is 16.3. The van der Waals surface area contributed by atoms with E-state index in [1.54, 1.807) is 0 Å². The summed E-state index contributed by atoms with van der Waals surface area (Å²) >= 11 is 0. The van der Waals surface area contributed by atoms with Gasteiger partial charge in [0.15, 0.2) is 0 Å². The summed E-state index contributed by atoms with van der Waals surface area (Å²) in [5, 5.41) is 12.7. The zero-order valence-corrected chi connectivity index (χ0v) is 12.0. The third kappa shape index (κ3) is 4.49. The van der Waals surface area contributed by atoms with Gasteiger partial charge in [0, 0.05) is 6.42 Å². The van der Waals surface area contributed by atoms with E-state index in [2.05, 4.69) is 24.4 Å². The van der Waals surface area contributed by atoms with Gasteiger partial charge < -0.3 is 10.4 Å². The smallest absolute Gasteiger partial charge is 0.224 e. The molecule has 1 fully saturated rings. The van der Waals surface area contributed by atoms with E-state index in [1.807, 2.05) is 24.3 Å². The largest absolute Gasteiger partial charge is 0.391 e. The first-order valence-corrected chi connectivity index (χ1v) is 7.36. The lowest BCUT2D eigenvalue weighted by Gasteiger charge is -2.28. The Balaban J connectivity index is 1.78. The van der Waals surface area contributed by atoms with Gasteiger partial charge in [0.05, 0.1) is 12.1 Å². The van der Waals surface area contributed by atoms with Gasteiger partial charge >= 0.3 is 0 Å². The number of aliphatic hydroxyl groups is 1. The molecule has 2 unspecified atom stereocenters. The molecule has 0 aromatic heterocycles. The van der Waals surface area contributed by atoms with Crippen molar-refractivity contribution in [2.75, 3.05) is 0 Å². The van der Waals surface area contributed by atoms with E-state index in [0.717, 1.165) is 31.2 Å². The number of carbonyl (C=O) groups excluding carboxylic acids is 1.